The van der Waals surface area contributed by atoms with Gasteiger partial charge in [-0.15, -0.1) is 0 Å². The third kappa shape index (κ3) is 24.2. The number of carbonyl (C=O) groups is 7. The molecular formula is C51H75Cl2N3O11. The summed E-state index contributed by atoms with van der Waals surface area (Å²) in [7, 11) is 1.40. The first-order valence-corrected chi connectivity index (χ1v) is 25.0. The third-order valence-corrected chi connectivity index (χ3v) is 11.9. The number of nitrogens with zero attached hydrogens (tertiary/aromatic N) is 1. The summed E-state index contributed by atoms with van der Waals surface area (Å²) in [6.45, 7) is 8.30. The molecule has 0 aliphatic rings. The number of amides is 3. The van der Waals surface area contributed by atoms with Gasteiger partial charge in [-0.3, -0.25) is 19.2 Å². The fourth-order valence-electron chi connectivity index (χ4n) is 6.96. The molecule has 0 heterocycles. The van der Waals surface area contributed by atoms with Gasteiger partial charge in [-0.05, 0) is 57.0 Å². The molecule has 0 aliphatic heterocycles. The molecule has 2 aromatic rings. The van der Waals surface area contributed by atoms with Crippen molar-refractivity contribution in [3.8, 4) is 5.75 Å². The molecule has 0 spiro atoms. The molecule has 3 atom stereocenters. The molecule has 0 aromatic heterocycles. The maximum atomic E-state index is 13.8. The Bertz CT molecular complexity index is 1880. The zero-order valence-electron chi connectivity index (χ0n) is 40.7. The molecule has 0 saturated heterocycles. The van der Waals surface area contributed by atoms with Crippen LogP contribution in [0, 0.1) is 5.92 Å². The molecule has 0 saturated carbocycles. The van der Waals surface area contributed by atoms with Gasteiger partial charge in [0.05, 0.1) is 33.6 Å². The maximum Gasteiger partial charge on any atom is 0.352 e. The van der Waals surface area contributed by atoms with Crippen molar-refractivity contribution in [1.82, 2.24) is 4.90 Å². The largest absolute Gasteiger partial charge is 0.463 e. The van der Waals surface area contributed by atoms with Gasteiger partial charge in [0.2, 0.25) is 17.7 Å². The zero-order valence-corrected chi connectivity index (χ0v) is 42.2. The molecule has 2 rings (SSSR count). The van der Waals surface area contributed by atoms with Crippen LogP contribution in [0.3, 0.4) is 0 Å². The zero-order chi connectivity index (χ0) is 49.6. The molecule has 3 unspecified atom stereocenters. The van der Waals surface area contributed by atoms with Crippen LogP contribution in [0.1, 0.15) is 180 Å². The molecule has 0 fully saturated rings. The molecule has 3 amide bonds. The lowest BCUT2D eigenvalue weighted by Crippen LogP contribution is -2.42. The number of nitrogens with one attached hydrogen (secondary N) is 2. The predicted molar refractivity (Wildman–Crippen MR) is 262 cm³/mol. The molecule has 374 valence electrons. The second-order valence-corrected chi connectivity index (χ2v) is 18.0. The van der Waals surface area contributed by atoms with Crippen LogP contribution in [0.25, 0.3) is 0 Å². The van der Waals surface area contributed by atoms with Crippen molar-refractivity contribution in [3.63, 3.8) is 0 Å². The number of benzene rings is 2. The van der Waals surface area contributed by atoms with Crippen molar-refractivity contribution < 1.29 is 52.5 Å². The fraction of sp³-hybridized carbons (Fsp3) is 0.627. The van der Waals surface area contributed by atoms with Gasteiger partial charge in [-0.2, -0.15) is 0 Å². The van der Waals surface area contributed by atoms with Gasteiger partial charge in [0.25, 0.3) is 0 Å². The number of esters is 4. The van der Waals surface area contributed by atoms with Crippen molar-refractivity contribution in [1.29, 1.82) is 0 Å². The first-order valence-electron chi connectivity index (χ1n) is 24.3. The van der Waals surface area contributed by atoms with E-state index in [-0.39, 0.29) is 52.3 Å². The summed E-state index contributed by atoms with van der Waals surface area (Å²) < 4.78 is 21.4. The molecule has 0 bridgehead atoms. The van der Waals surface area contributed by atoms with Crippen molar-refractivity contribution >= 4 is 76.2 Å². The van der Waals surface area contributed by atoms with E-state index in [2.05, 4.69) is 24.5 Å². The number of carbonyl (C=O) groups excluding carboxylic acids is 7. The average Bonchev–Trinajstić information content (AvgIpc) is 3.29. The molecular weight excluding hydrogens is 901 g/mol. The lowest BCUT2D eigenvalue weighted by molar-refractivity contribution is -0.161. The van der Waals surface area contributed by atoms with E-state index in [9.17, 15) is 33.6 Å². The van der Waals surface area contributed by atoms with E-state index in [1.54, 1.807) is 0 Å². The lowest BCUT2D eigenvalue weighted by Gasteiger charge is -2.23. The lowest BCUT2D eigenvalue weighted by atomic mass is 10.1. The molecule has 2 aromatic carbocycles. The minimum atomic E-state index is -1.55. The van der Waals surface area contributed by atoms with E-state index in [0.29, 0.717) is 12.8 Å². The Hall–Kier alpha value is -4.69. The predicted octanol–water partition coefficient (Wildman–Crippen LogP) is 11.8. The van der Waals surface area contributed by atoms with Crippen LogP contribution in [0.15, 0.2) is 36.4 Å². The van der Waals surface area contributed by atoms with Gasteiger partial charge in [0.15, 0.2) is 12.2 Å². The van der Waals surface area contributed by atoms with Gasteiger partial charge in [-0.1, -0.05) is 153 Å². The number of hydrogen-bond acceptors (Lipinski definition) is 11. The van der Waals surface area contributed by atoms with Crippen LogP contribution in [0.2, 0.25) is 10.0 Å². The minimum Gasteiger partial charge on any atom is -0.463 e. The molecule has 16 heteroatoms. The highest BCUT2D eigenvalue weighted by atomic mass is 35.5. The van der Waals surface area contributed by atoms with Crippen molar-refractivity contribution in [3.05, 3.63) is 52.0 Å². The van der Waals surface area contributed by atoms with Crippen LogP contribution in [0.5, 0.6) is 5.75 Å². The minimum absolute atomic E-state index is 0.0178. The number of ether oxygens (including phenoxy) is 4. The number of rotatable bonds is 34. The highest BCUT2D eigenvalue weighted by molar-refractivity contribution is 6.34. The van der Waals surface area contributed by atoms with Gasteiger partial charge in [0, 0.05) is 33.0 Å². The molecule has 2 N–H and O–H groups in total. The molecule has 67 heavy (non-hydrogen) atoms. The standard InChI is InChI=1S/C51H75Cl2N3O11/c1-7-9-11-13-15-17-19-21-23-25-27-46(58)65-37(4)50(62)67-40-29-31-43(53)45(34-40)55-48(60)41(35-56(6)38(5)57)47(59)54-44-33-39(28-30-42(44)52)51(63)66-36(3)49(61)64-32-26-24-22-20-18-16-14-12-10-8-2/h28-31,33-34,36-37,41H,7-27,32,35H2,1-6H3,(H,54,59)(H,55,60). The first kappa shape index (κ1) is 58.4. The van der Waals surface area contributed by atoms with Crippen molar-refractivity contribution in [2.24, 2.45) is 5.92 Å². The second kappa shape index (κ2) is 33.7. The van der Waals surface area contributed by atoms with Crippen LogP contribution < -0.4 is 15.4 Å². The Balaban J connectivity index is 1.98. The number of halogens is 2. The molecule has 0 radical (unpaired) electrons. The number of hydrogen-bond donors (Lipinski definition) is 2. The summed E-state index contributed by atoms with van der Waals surface area (Å²) in [4.78, 5) is 91.9. The van der Waals surface area contributed by atoms with Gasteiger partial charge in [-0.25, -0.2) is 14.4 Å². The average molecular weight is 977 g/mol. The molecule has 0 aliphatic carbocycles. The Labute approximate surface area is 408 Å². The van der Waals surface area contributed by atoms with E-state index in [0.717, 1.165) is 43.4 Å². The summed E-state index contributed by atoms with van der Waals surface area (Å²) in [5.74, 6) is -6.74. The summed E-state index contributed by atoms with van der Waals surface area (Å²) in [6.07, 6.45) is 20.3. The van der Waals surface area contributed by atoms with Crippen LogP contribution in [-0.2, 0) is 43.0 Å². The van der Waals surface area contributed by atoms with Crippen LogP contribution >= 0.6 is 23.2 Å². The Morgan fingerprint density at radius 2 is 1.06 bits per heavy atom. The third-order valence-electron chi connectivity index (χ3n) is 11.2. The fourth-order valence-corrected chi connectivity index (χ4v) is 7.28. The summed E-state index contributed by atoms with van der Waals surface area (Å²) in [5, 5.41) is 5.17. The van der Waals surface area contributed by atoms with Gasteiger partial charge in [0.1, 0.15) is 11.7 Å². The highest BCUT2D eigenvalue weighted by Crippen LogP contribution is 2.29. The molecule has 14 nitrogen and oxygen atoms in total. The monoisotopic (exact) mass is 975 g/mol. The van der Waals surface area contributed by atoms with E-state index in [1.165, 1.54) is 141 Å². The highest BCUT2D eigenvalue weighted by Gasteiger charge is 2.31. The van der Waals surface area contributed by atoms with Gasteiger partial charge < -0.3 is 34.5 Å². The SMILES string of the molecule is CCCCCCCCCCCCOC(=O)C(C)OC(=O)c1ccc(Cl)c(NC(=O)C(CN(C)C(C)=O)C(=O)Nc2cc(OC(=O)C(C)OC(=O)CCCCCCCCCCCC)ccc2Cl)c1. The summed E-state index contributed by atoms with van der Waals surface area (Å²) in [6, 6.07) is 7.93. The van der Waals surface area contributed by atoms with E-state index in [4.69, 9.17) is 42.1 Å². The topological polar surface area (TPSA) is 184 Å². The normalized spacial score (nSPS) is 12.3. The van der Waals surface area contributed by atoms with Crippen molar-refractivity contribution in [2.45, 2.75) is 182 Å². The van der Waals surface area contributed by atoms with Crippen LogP contribution in [0.4, 0.5) is 11.4 Å². The summed E-state index contributed by atoms with van der Waals surface area (Å²) >= 11 is 12.8. The smallest absolute Gasteiger partial charge is 0.352 e. The number of anilines is 2. The quantitative estimate of drug-likeness (QED) is 0.0224. The van der Waals surface area contributed by atoms with E-state index >= 15 is 0 Å². The number of unbranched alkanes of at least 4 members (excludes halogenated alkanes) is 18. The second-order valence-electron chi connectivity index (χ2n) is 17.1. The Morgan fingerprint density at radius 3 is 1.58 bits per heavy atom. The van der Waals surface area contributed by atoms with E-state index in [1.807, 2.05) is 0 Å². The Kier molecular flexibility index (Phi) is 29.4. The summed E-state index contributed by atoms with van der Waals surface area (Å²) in [5.41, 5.74) is -0.122. The Morgan fingerprint density at radius 1 is 0.597 bits per heavy atom. The first-order chi connectivity index (χ1) is 32.1. The van der Waals surface area contributed by atoms with Crippen molar-refractivity contribution in [2.75, 3.05) is 30.8 Å². The van der Waals surface area contributed by atoms with Gasteiger partial charge >= 0.3 is 23.9 Å². The maximum absolute atomic E-state index is 13.8. The van der Waals surface area contributed by atoms with E-state index < -0.39 is 59.7 Å². The van der Waals surface area contributed by atoms with Crippen LogP contribution in [-0.4, -0.2) is 78.9 Å².